The minimum absolute atomic E-state index is 0. The molecule has 27 heavy (non-hydrogen) atoms. The van der Waals surface area contributed by atoms with E-state index in [9.17, 15) is 9.59 Å². The molecule has 8 heteroatoms. The molecule has 150 valence electrons. The zero-order valence-electron chi connectivity index (χ0n) is 15.8. The van der Waals surface area contributed by atoms with Crippen LogP contribution >= 0.6 is 12.4 Å². The predicted molar refractivity (Wildman–Crippen MR) is 106 cm³/mol. The predicted octanol–water partition coefficient (Wildman–Crippen LogP) is 1.72. The van der Waals surface area contributed by atoms with Crippen molar-refractivity contribution in [3.63, 3.8) is 0 Å². The van der Waals surface area contributed by atoms with Crippen molar-refractivity contribution >= 4 is 29.9 Å². The number of amides is 2. The van der Waals surface area contributed by atoms with Crippen LogP contribution in [0.1, 0.15) is 26.7 Å². The SMILES string of the molecule is CC(C)CC(CN)NC(=O)C1CC(=O)N(c2ccc3c(c2)OCCO3)C1.Cl. The molecule has 0 saturated carbocycles. The van der Waals surface area contributed by atoms with Crippen LogP contribution in [0, 0.1) is 11.8 Å². The van der Waals surface area contributed by atoms with Gasteiger partial charge in [0, 0.05) is 37.3 Å². The number of ether oxygens (including phenoxy) is 2. The summed E-state index contributed by atoms with van der Waals surface area (Å²) in [6.45, 7) is 5.97. The van der Waals surface area contributed by atoms with Gasteiger partial charge in [-0.3, -0.25) is 9.59 Å². The van der Waals surface area contributed by atoms with Gasteiger partial charge in [-0.1, -0.05) is 13.8 Å². The van der Waals surface area contributed by atoms with Crippen LogP contribution in [0.2, 0.25) is 0 Å². The van der Waals surface area contributed by atoms with E-state index in [0.717, 1.165) is 12.1 Å². The Morgan fingerprint density at radius 1 is 1.30 bits per heavy atom. The highest BCUT2D eigenvalue weighted by molar-refractivity contribution is 6.00. The first-order valence-electron chi connectivity index (χ1n) is 9.18. The van der Waals surface area contributed by atoms with Crippen LogP contribution in [0.3, 0.4) is 0 Å². The second-order valence-corrected chi connectivity index (χ2v) is 7.30. The molecule has 2 unspecified atom stereocenters. The summed E-state index contributed by atoms with van der Waals surface area (Å²) in [6.07, 6.45) is 1.04. The van der Waals surface area contributed by atoms with Crippen LogP contribution in [0.25, 0.3) is 0 Å². The maximum absolute atomic E-state index is 12.6. The Morgan fingerprint density at radius 2 is 2.00 bits per heavy atom. The maximum Gasteiger partial charge on any atom is 0.227 e. The van der Waals surface area contributed by atoms with Crippen molar-refractivity contribution in [3.8, 4) is 11.5 Å². The van der Waals surface area contributed by atoms with Gasteiger partial charge in [0.2, 0.25) is 11.8 Å². The molecular formula is C19H28ClN3O4. The fourth-order valence-corrected chi connectivity index (χ4v) is 3.43. The molecular weight excluding hydrogens is 370 g/mol. The maximum atomic E-state index is 12.6. The Hall–Kier alpha value is -1.99. The number of fused-ring (bicyclic) bond motifs is 1. The lowest BCUT2D eigenvalue weighted by Crippen LogP contribution is -2.44. The van der Waals surface area contributed by atoms with E-state index in [1.165, 1.54) is 0 Å². The normalized spacial score (nSPS) is 19.6. The molecule has 3 rings (SSSR count). The third-order valence-corrected chi connectivity index (χ3v) is 4.72. The van der Waals surface area contributed by atoms with E-state index in [1.54, 1.807) is 17.0 Å². The van der Waals surface area contributed by atoms with Gasteiger partial charge in [0.05, 0.1) is 5.92 Å². The van der Waals surface area contributed by atoms with Gasteiger partial charge < -0.3 is 25.4 Å². The molecule has 1 aromatic carbocycles. The fourth-order valence-electron chi connectivity index (χ4n) is 3.43. The highest BCUT2D eigenvalue weighted by Gasteiger charge is 2.36. The van der Waals surface area contributed by atoms with E-state index in [4.69, 9.17) is 15.2 Å². The second kappa shape index (κ2) is 9.28. The van der Waals surface area contributed by atoms with Crippen molar-refractivity contribution < 1.29 is 19.1 Å². The molecule has 1 saturated heterocycles. The van der Waals surface area contributed by atoms with Gasteiger partial charge in [-0.05, 0) is 24.5 Å². The largest absolute Gasteiger partial charge is 0.486 e. The zero-order chi connectivity index (χ0) is 18.7. The molecule has 0 radical (unpaired) electrons. The third-order valence-electron chi connectivity index (χ3n) is 4.72. The Balaban J connectivity index is 0.00000261. The van der Waals surface area contributed by atoms with E-state index in [0.29, 0.717) is 43.7 Å². The van der Waals surface area contributed by atoms with Gasteiger partial charge in [0.1, 0.15) is 13.2 Å². The van der Waals surface area contributed by atoms with Gasteiger partial charge in [0.15, 0.2) is 11.5 Å². The highest BCUT2D eigenvalue weighted by Crippen LogP contribution is 2.36. The number of nitrogens with one attached hydrogen (secondary N) is 1. The van der Waals surface area contributed by atoms with Crippen molar-refractivity contribution in [2.45, 2.75) is 32.7 Å². The standard InChI is InChI=1S/C19H27N3O4.ClH/c1-12(2)7-14(10-20)21-19(24)13-8-18(23)22(11-13)15-3-4-16-17(9-15)26-6-5-25-16;/h3-4,9,12-14H,5-8,10-11,20H2,1-2H3,(H,21,24);1H. The molecule has 2 aliphatic heterocycles. The third kappa shape index (κ3) is 5.05. The minimum atomic E-state index is -0.364. The zero-order valence-corrected chi connectivity index (χ0v) is 16.6. The summed E-state index contributed by atoms with van der Waals surface area (Å²) >= 11 is 0. The molecule has 0 spiro atoms. The van der Waals surface area contributed by atoms with Crippen LogP contribution in [-0.4, -0.2) is 44.2 Å². The second-order valence-electron chi connectivity index (χ2n) is 7.30. The first-order valence-corrected chi connectivity index (χ1v) is 9.18. The van der Waals surface area contributed by atoms with Crippen LogP contribution in [0.15, 0.2) is 18.2 Å². The number of hydrogen-bond donors (Lipinski definition) is 2. The summed E-state index contributed by atoms with van der Waals surface area (Å²) in [7, 11) is 0. The van der Waals surface area contributed by atoms with Gasteiger partial charge in [-0.15, -0.1) is 12.4 Å². The Bertz CT molecular complexity index is 683. The summed E-state index contributed by atoms with van der Waals surface area (Å²) < 4.78 is 11.1. The van der Waals surface area contributed by atoms with Crippen molar-refractivity contribution in [2.75, 3.05) is 31.2 Å². The van der Waals surface area contributed by atoms with E-state index in [-0.39, 0.29) is 42.6 Å². The molecule has 2 atom stereocenters. The van der Waals surface area contributed by atoms with Gasteiger partial charge in [-0.25, -0.2) is 0 Å². The van der Waals surface area contributed by atoms with Crippen molar-refractivity contribution in [1.82, 2.24) is 5.32 Å². The van der Waals surface area contributed by atoms with Gasteiger partial charge in [0.25, 0.3) is 0 Å². The van der Waals surface area contributed by atoms with Crippen LogP contribution in [-0.2, 0) is 9.59 Å². The number of carbonyl (C=O) groups is 2. The lowest BCUT2D eigenvalue weighted by Gasteiger charge is -2.23. The number of anilines is 1. The number of nitrogens with zero attached hydrogens (tertiary/aromatic N) is 1. The van der Waals surface area contributed by atoms with E-state index >= 15 is 0 Å². The van der Waals surface area contributed by atoms with Crippen molar-refractivity contribution in [2.24, 2.45) is 17.6 Å². The molecule has 7 nitrogen and oxygen atoms in total. The fraction of sp³-hybridized carbons (Fsp3) is 0.579. The highest BCUT2D eigenvalue weighted by atomic mass is 35.5. The summed E-state index contributed by atoms with van der Waals surface area (Å²) in [5, 5.41) is 2.99. The average molecular weight is 398 g/mol. The number of benzene rings is 1. The molecule has 1 fully saturated rings. The van der Waals surface area contributed by atoms with Gasteiger partial charge >= 0.3 is 0 Å². The lowest BCUT2D eigenvalue weighted by atomic mass is 10.0. The first-order chi connectivity index (χ1) is 12.5. The number of carbonyl (C=O) groups excluding carboxylic acids is 2. The molecule has 3 N–H and O–H groups in total. The quantitative estimate of drug-likeness (QED) is 0.762. The molecule has 1 aromatic rings. The van der Waals surface area contributed by atoms with Crippen LogP contribution < -0.4 is 25.4 Å². The van der Waals surface area contributed by atoms with E-state index < -0.39 is 0 Å². The number of hydrogen-bond acceptors (Lipinski definition) is 5. The minimum Gasteiger partial charge on any atom is -0.486 e. The van der Waals surface area contributed by atoms with Gasteiger partial charge in [-0.2, -0.15) is 0 Å². The van der Waals surface area contributed by atoms with E-state index in [2.05, 4.69) is 19.2 Å². The van der Waals surface area contributed by atoms with Crippen LogP contribution in [0.5, 0.6) is 11.5 Å². The first kappa shape index (κ1) is 21.3. The average Bonchev–Trinajstić information content (AvgIpc) is 3.02. The number of nitrogens with two attached hydrogens (primary N) is 1. The Labute approximate surface area is 166 Å². The van der Waals surface area contributed by atoms with Crippen LogP contribution in [0.4, 0.5) is 5.69 Å². The summed E-state index contributed by atoms with van der Waals surface area (Å²) in [4.78, 5) is 26.6. The number of rotatable bonds is 6. The Morgan fingerprint density at radius 3 is 2.67 bits per heavy atom. The lowest BCUT2D eigenvalue weighted by molar-refractivity contribution is -0.127. The van der Waals surface area contributed by atoms with Crippen molar-refractivity contribution in [3.05, 3.63) is 18.2 Å². The van der Waals surface area contributed by atoms with Crippen molar-refractivity contribution in [1.29, 1.82) is 0 Å². The molecule has 0 aromatic heterocycles. The summed E-state index contributed by atoms with van der Waals surface area (Å²) in [5.41, 5.74) is 6.49. The molecule has 2 aliphatic rings. The monoisotopic (exact) mass is 397 g/mol. The van der Waals surface area contributed by atoms with E-state index in [1.807, 2.05) is 6.07 Å². The number of halogens is 1. The molecule has 2 heterocycles. The molecule has 0 aliphatic carbocycles. The molecule has 2 amide bonds. The topological polar surface area (TPSA) is 93.9 Å². The smallest absolute Gasteiger partial charge is 0.227 e. The summed E-state index contributed by atoms with van der Waals surface area (Å²) in [6, 6.07) is 5.37. The Kier molecular flexibility index (Phi) is 7.33. The summed E-state index contributed by atoms with van der Waals surface area (Å²) in [5.74, 6) is 1.24. The molecule has 0 bridgehead atoms.